The normalized spacial score (nSPS) is 10.9. The number of fused-ring (bicyclic) bond motifs is 1. The molecular weight excluding hydrogens is 408 g/mol. The minimum atomic E-state index is -0.334. The molecule has 0 aliphatic heterocycles. The third-order valence-corrected chi connectivity index (χ3v) is 4.57. The van der Waals surface area contributed by atoms with Gasteiger partial charge in [-0.15, -0.1) is 0 Å². The van der Waals surface area contributed by atoms with E-state index in [-0.39, 0.29) is 5.91 Å². The number of hydrogen-bond donors (Lipinski definition) is 1. The molecule has 0 aliphatic carbocycles. The van der Waals surface area contributed by atoms with E-state index in [0.29, 0.717) is 17.9 Å². The monoisotopic (exact) mass is 426 g/mol. The number of nitrogens with zero attached hydrogens (tertiary/aromatic N) is 1. The first-order valence-corrected chi connectivity index (χ1v) is 9.24. The second-order valence-corrected chi connectivity index (χ2v) is 6.58. The van der Waals surface area contributed by atoms with Gasteiger partial charge in [0.05, 0.1) is 30.0 Å². The van der Waals surface area contributed by atoms with Gasteiger partial charge in [-0.25, -0.2) is 5.43 Å². The number of rotatable bonds is 6. The molecule has 1 amide bonds. The number of carbonyl (C=O) groups excluding carboxylic acids is 1. The summed E-state index contributed by atoms with van der Waals surface area (Å²) in [6, 6.07) is 17.0. The zero-order valence-corrected chi connectivity index (χ0v) is 16.6. The SMILES string of the molecule is CCOc1ccc(/C=N\NC(=O)c2cc3ccccc3cc2OC)cc1Br. The van der Waals surface area contributed by atoms with Crippen LogP contribution in [-0.4, -0.2) is 25.8 Å². The minimum Gasteiger partial charge on any atom is -0.496 e. The van der Waals surface area contributed by atoms with Crippen molar-refractivity contribution in [2.24, 2.45) is 5.10 Å². The number of carbonyl (C=O) groups is 1. The smallest absolute Gasteiger partial charge is 0.275 e. The quantitative estimate of drug-likeness (QED) is 0.455. The summed E-state index contributed by atoms with van der Waals surface area (Å²) in [5.74, 6) is 0.934. The molecule has 0 aromatic heterocycles. The molecule has 6 heteroatoms. The van der Waals surface area contributed by atoms with Crippen molar-refractivity contribution in [2.45, 2.75) is 6.92 Å². The van der Waals surface area contributed by atoms with E-state index < -0.39 is 0 Å². The van der Waals surface area contributed by atoms with Crippen molar-refractivity contribution in [1.29, 1.82) is 0 Å². The van der Waals surface area contributed by atoms with Crippen molar-refractivity contribution in [2.75, 3.05) is 13.7 Å². The van der Waals surface area contributed by atoms with Crippen LogP contribution >= 0.6 is 15.9 Å². The van der Waals surface area contributed by atoms with Gasteiger partial charge in [-0.05, 0) is 69.5 Å². The number of hydrazone groups is 1. The van der Waals surface area contributed by atoms with E-state index in [1.165, 1.54) is 0 Å². The van der Waals surface area contributed by atoms with Gasteiger partial charge in [-0.1, -0.05) is 24.3 Å². The van der Waals surface area contributed by atoms with Gasteiger partial charge in [0.15, 0.2) is 0 Å². The lowest BCUT2D eigenvalue weighted by atomic mass is 10.1. The topological polar surface area (TPSA) is 59.9 Å². The standard InChI is InChI=1S/C21H19BrN2O3/c1-3-27-19-9-8-14(10-18(19)22)13-23-24-21(25)17-11-15-6-4-5-7-16(15)12-20(17)26-2/h4-13H,3H2,1-2H3,(H,24,25)/b23-13-. The Hall–Kier alpha value is -2.86. The molecule has 0 spiro atoms. The van der Waals surface area contributed by atoms with E-state index in [2.05, 4.69) is 26.5 Å². The Bertz CT molecular complexity index is 1000. The summed E-state index contributed by atoms with van der Waals surface area (Å²) >= 11 is 3.46. The highest BCUT2D eigenvalue weighted by Gasteiger charge is 2.13. The highest BCUT2D eigenvalue weighted by molar-refractivity contribution is 9.10. The summed E-state index contributed by atoms with van der Waals surface area (Å²) in [7, 11) is 1.54. The zero-order valence-electron chi connectivity index (χ0n) is 15.0. The summed E-state index contributed by atoms with van der Waals surface area (Å²) in [5, 5.41) is 6.02. The second kappa shape index (κ2) is 8.68. The zero-order chi connectivity index (χ0) is 19.2. The number of benzene rings is 3. The molecule has 5 nitrogen and oxygen atoms in total. The van der Waals surface area contributed by atoms with Crippen LogP contribution in [0.1, 0.15) is 22.8 Å². The van der Waals surface area contributed by atoms with Gasteiger partial charge in [0.1, 0.15) is 11.5 Å². The number of amides is 1. The Kier molecular flexibility index (Phi) is 6.08. The van der Waals surface area contributed by atoms with Gasteiger partial charge in [0.25, 0.3) is 5.91 Å². The van der Waals surface area contributed by atoms with E-state index in [1.807, 2.05) is 55.5 Å². The molecule has 3 rings (SSSR count). The first-order valence-electron chi connectivity index (χ1n) is 8.45. The molecule has 0 radical (unpaired) electrons. The van der Waals surface area contributed by atoms with Crippen LogP contribution < -0.4 is 14.9 Å². The Balaban J connectivity index is 1.76. The molecule has 3 aromatic carbocycles. The maximum atomic E-state index is 12.5. The van der Waals surface area contributed by atoms with Crippen molar-refractivity contribution < 1.29 is 14.3 Å². The molecule has 0 bridgehead atoms. The van der Waals surface area contributed by atoms with Gasteiger partial charge < -0.3 is 9.47 Å². The lowest BCUT2D eigenvalue weighted by molar-refractivity contribution is 0.0952. The van der Waals surface area contributed by atoms with Gasteiger partial charge in [-0.2, -0.15) is 5.10 Å². The van der Waals surface area contributed by atoms with Crippen molar-refractivity contribution >= 4 is 38.8 Å². The molecule has 0 heterocycles. The van der Waals surface area contributed by atoms with E-state index in [1.54, 1.807) is 19.4 Å². The summed E-state index contributed by atoms with van der Waals surface area (Å²) in [5.41, 5.74) is 3.81. The van der Waals surface area contributed by atoms with Gasteiger partial charge in [0.2, 0.25) is 0 Å². The predicted molar refractivity (Wildman–Crippen MR) is 111 cm³/mol. The van der Waals surface area contributed by atoms with E-state index in [9.17, 15) is 4.79 Å². The Morgan fingerprint density at radius 3 is 2.52 bits per heavy atom. The highest BCUT2D eigenvalue weighted by atomic mass is 79.9. The molecule has 0 saturated heterocycles. The maximum absolute atomic E-state index is 12.5. The maximum Gasteiger partial charge on any atom is 0.275 e. The highest BCUT2D eigenvalue weighted by Crippen LogP contribution is 2.26. The number of methoxy groups -OCH3 is 1. The molecule has 0 unspecified atom stereocenters. The van der Waals surface area contributed by atoms with E-state index in [0.717, 1.165) is 26.6 Å². The fourth-order valence-electron chi connectivity index (χ4n) is 2.66. The third kappa shape index (κ3) is 4.46. The van der Waals surface area contributed by atoms with Crippen LogP contribution in [0.15, 0.2) is 64.2 Å². The average Bonchev–Trinajstić information content (AvgIpc) is 2.69. The predicted octanol–water partition coefficient (Wildman–Crippen LogP) is 4.77. The Labute approximate surface area is 166 Å². The van der Waals surface area contributed by atoms with Gasteiger partial charge in [-0.3, -0.25) is 4.79 Å². The van der Waals surface area contributed by atoms with Gasteiger partial charge in [0, 0.05) is 0 Å². The van der Waals surface area contributed by atoms with Crippen molar-refractivity contribution in [3.8, 4) is 11.5 Å². The van der Waals surface area contributed by atoms with Crippen LogP contribution in [0.25, 0.3) is 10.8 Å². The van der Waals surface area contributed by atoms with Crippen LogP contribution in [0.5, 0.6) is 11.5 Å². The van der Waals surface area contributed by atoms with Crippen LogP contribution in [-0.2, 0) is 0 Å². The van der Waals surface area contributed by atoms with Crippen LogP contribution in [0.2, 0.25) is 0 Å². The summed E-state index contributed by atoms with van der Waals surface area (Å²) in [6.45, 7) is 2.52. The van der Waals surface area contributed by atoms with Crippen molar-refractivity contribution in [3.63, 3.8) is 0 Å². The molecule has 0 saturated carbocycles. The lowest BCUT2D eigenvalue weighted by Gasteiger charge is -2.09. The fraction of sp³-hybridized carbons (Fsp3) is 0.143. The first-order chi connectivity index (χ1) is 13.1. The van der Waals surface area contributed by atoms with Gasteiger partial charge >= 0.3 is 0 Å². The summed E-state index contributed by atoms with van der Waals surface area (Å²) in [6.07, 6.45) is 1.58. The molecular formula is C21H19BrN2O3. The van der Waals surface area contributed by atoms with Crippen molar-refractivity contribution in [1.82, 2.24) is 5.43 Å². The van der Waals surface area contributed by atoms with Crippen LogP contribution in [0, 0.1) is 0 Å². The molecule has 1 N–H and O–H groups in total. The fourth-order valence-corrected chi connectivity index (χ4v) is 3.17. The molecule has 27 heavy (non-hydrogen) atoms. The summed E-state index contributed by atoms with van der Waals surface area (Å²) < 4.78 is 11.7. The number of ether oxygens (including phenoxy) is 2. The third-order valence-electron chi connectivity index (χ3n) is 3.95. The van der Waals surface area contributed by atoms with E-state index in [4.69, 9.17) is 9.47 Å². The average molecular weight is 427 g/mol. The largest absolute Gasteiger partial charge is 0.496 e. The molecule has 0 fully saturated rings. The first kappa shape index (κ1) is 18.9. The van der Waals surface area contributed by atoms with Crippen molar-refractivity contribution in [3.05, 3.63) is 70.2 Å². The second-order valence-electron chi connectivity index (χ2n) is 5.72. The molecule has 3 aromatic rings. The Morgan fingerprint density at radius 2 is 1.85 bits per heavy atom. The summed E-state index contributed by atoms with van der Waals surface area (Å²) in [4.78, 5) is 12.5. The Morgan fingerprint density at radius 1 is 1.11 bits per heavy atom. The minimum absolute atomic E-state index is 0.334. The van der Waals surface area contributed by atoms with E-state index >= 15 is 0 Å². The molecule has 138 valence electrons. The molecule has 0 aliphatic rings. The van der Waals surface area contributed by atoms with Crippen LogP contribution in [0.3, 0.4) is 0 Å². The number of nitrogens with one attached hydrogen (secondary N) is 1. The number of halogens is 1. The lowest BCUT2D eigenvalue weighted by Crippen LogP contribution is -2.18. The van der Waals surface area contributed by atoms with Crippen LogP contribution in [0.4, 0.5) is 0 Å². The number of hydrogen-bond acceptors (Lipinski definition) is 4. The molecule has 0 atom stereocenters.